The van der Waals surface area contributed by atoms with Crippen molar-refractivity contribution in [3.8, 4) is 0 Å². The van der Waals surface area contributed by atoms with Gasteiger partial charge in [-0.25, -0.2) is 4.98 Å². The van der Waals surface area contributed by atoms with Crippen LogP contribution in [0.2, 0.25) is 0 Å². The van der Waals surface area contributed by atoms with E-state index in [9.17, 15) is 4.79 Å². The van der Waals surface area contributed by atoms with Gasteiger partial charge in [0.2, 0.25) is 0 Å². The number of benzene rings is 1. The van der Waals surface area contributed by atoms with Crippen molar-refractivity contribution in [2.75, 3.05) is 6.54 Å². The molecule has 1 aromatic carbocycles. The van der Waals surface area contributed by atoms with Crippen LogP contribution in [-0.4, -0.2) is 27.3 Å². The Hall–Kier alpha value is -2.14. The van der Waals surface area contributed by atoms with Crippen molar-refractivity contribution < 1.29 is 4.79 Å². The lowest BCUT2D eigenvalue weighted by Gasteiger charge is -2.38. The number of amides is 1. The van der Waals surface area contributed by atoms with Gasteiger partial charge in [-0.05, 0) is 30.9 Å². The second-order valence-corrected chi connectivity index (χ2v) is 7.81. The summed E-state index contributed by atoms with van der Waals surface area (Å²) in [7, 11) is 0. The average Bonchev–Trinajstić information content (AvgIpc) is 3.16. The molecular weight excluding hydrogens is 318 g/mol. The number of para-hydroxylation sites is 1. The molecule has 4 nitrogen and oxygen atoms in total. The Morgan fingerprint density at radius 3 is 2.88 bits per heavy atom. The Labute approximate surface area is 145 Å². The van der Waals surface area contributed by atoms with Crippen molar-refractivity contribution in [1.29, 1.82) is 0 Å². The van der Waals surface area contributed by atoms with E-state index < -0.39 is 0 Å². The van der Waals surface area contributed by atoms with Gasteiger partial charge in [0, 0.05) is 28.5 Å². The molecule has 0 radical (unpaired) electrons. The molecule has 3 aromatic rings. The number of rotatable bonds is 2. The molecule has 124 valence electrons. The fourth-order valence-corrected chi connectivity index (χ4v) is 4.39. The number of carbonyl (C=O) groups is 1. The first-order valence-electron chi connectivity index (χ1n) is 8.39. The summed E-state index contributed by atoms with van der Waals surface area (Å²) in [6, 6.07) is 8.48. The second-order valence-electron chi connectivity index (χ2n) is 6.75. The van der Waals surface area contributed by atoms with E-state index in [1.807, 2.05) is 17.2 Å². The minimum absolute atomic E-state index is 0.0438. The lowest BCUT2D eigenvalue weighted by atomic mass is 9.90. The predicted octanol–water partition coefficient (Wildman–Crippen LogP) is 4.33. The number of aryl methyl sites for hydroxylation is 1. The molecule has 0 spiro atoms. The van der Waals surface area contributed by atoms with Gasteiger partial charge >= 0.3 is 0 Å². The molecule has 0 fully saturated rings. The van der Waals surface area contributed by atoms with Gasteiger partial charge in [0.15, 0.2) is 0 Å². The molecule has 2 aromatic heterocycles. The van der Waals surface area contributed by atoms with E-state index in [0.717, 1.165) is 23.5 Å². The molecule has 1 aliphatic heterocycles. The van der Waals surface area contributed by atoms with E-state index in [1.54, 1.807) is 0 Å². The van der Waals surface area contributed by atoms with E-state index in [2.05, 4.69) is 48.1 Å². The molecule has 0 unspecified atom stereocenters. The molecule has 0 bridgehead atoms. The van der Waals surface area contributed by atoms with Crippen LogP contribution in [0.1, 0.15) is 46.6 Å². The van der Waals surface area contributed by atoms with Crippen LogP contribution in [0.3, 0.4) is 0 Å². The van der Waals surface area contributed by atoms with Crippen LogP contribution in [0.15, 0.2) is 29.6 Å². The zero-order valence-corrected chi connectivity index (χ0v) is 15.0. The molecule has 4 rings (SSSR count). The van der Waals surface area contributed by atoms with E-state index in [-0.39, 0.29) is 11.9 Å². The fourth-order valence-electron chi connectivity index (χ4n) is 3.80. The number of H-pyrrole nitrogens is 1. The zero-order chi connectivity index (χ0) is 16.8. The molecule has 1 atom stereocenters. The average molecular weight is 339 g/mol. The van der Waals surface area contributed by atoms with Crippen molar-refractivity contribution in [2.45, 2.75) is 33.2 Å². The van der Waals surface area contributed by atoms with Crippen molar-refractivity contribution in [1.82, 2.24) is 14.9 Å². The monoisotopic (exact) mass is 339 g/mol. The molecule has 0 saturated carbocycles. The maximum Gasteiger partial charge on any atom is 0.273 e. The summed E-state index contributed by atoms with van der Waals surface area (Å²) in [4.78, 5) is 23.0. The SMILES string of the molecule is Cc1nc(C(=O)N2CCc3c([nH]c4ccccc34)[C@@H]2C(C)C)cs1. The third kappa shape index (κ3) is 2.35. The summed E-state index contributed by atoms with van der Waals surface area (Å²) in [5.41, 5.74) is 4.29. The Morgan fingerprint density at radius 2 is 2.17 bits per heavy atom. The number of aromatic nitrogens is 2. The number of aromatic amines is 1. The molecule has 3 heterocycles. The first kappa shape index (κ1) is 15.4. The summed E-state index contributed by atoms with van der Waals surface area (Å²) < 4.78 is 0. The van der Waals surface area contributed by atoms with Crippen LogP contribution in [0.4, 0.5) is 0 Å². The summed E-state index contributed by atoms with van der Waals surface area (Å²) >= 11 is 1.53. The van der Waals surface area contributed by atoms with Gasteiger partial charge in [0.05, 0.1) is 11.0 Å². The number of fused-ring (bicyclic) bond motifs is 3. The maximum atomic E-state index is 13.0. The Balaban J connectivity index is 1.79. The van der Waals surface area contributed by atoms with Gasteiger partial charge in [0.25, 0.3) is 5.91 Å². The summed E-state index contributed by atoms with van der Waals surface area (Å²) in [5, 5.41) is 4.09. The standard InChI is InChI=1S/C19H21N3OS/c1-11(2)18-17-14(13-6-4-5-7-15(13)21-17)8-9-22(18)19(23)16-10-24-12(3)20-16/h4-7,10-11,18,21H,8-9H2,1-3H3/t18-/m0/s1. The third-order valence-corrected chi connectivity index (χ3v) is 5.58. The topological polar surface area (TPSA) is 49.0 Å². The number of hydrogen-bond donors (Lipinski definition) is 1. The van der Waals surface area contributed by atoms with Gasteiger partial charge in [-0.3, -0.25) is 4.79 Å². The van der Waals surface area contributed by atoms with Crippen molar-refractivity contribution in [2.24, 2.45) is 5.92 Å². The number of hydrogen-bond acceptors (Lipinski definition) is 3. The highest BCUT2D eigenvalue weighted by Gasteiger charge is 2.36. The largest absolute Gasteiger partial charge is 0.356 e. The Bertz CT molecular complexity index is 908. The van der Waals surface area contributed by atoms with E-state index in [4.69, 9.17) is 0 Å². The van der Waals surface area contributed by atoms with Gasteiger partial charge in [-0.1, -0.05) is 32.0 Å². The number of carbonyl (C=O) groups excluding carboxylic acids is 1. The summed E-state index contributed by atoms with van der Waals surface area (Å²) in [6.45, 7) is 7.04. The van der Waals surface area contributed by atoms with Crippen LogP contribution in [0.25, 0.3) is 10.9 Å². The van der Waals surface area contributed by atoms with Gasteiger partial charge in [-0.2, -0.15) is 0 Å². The molecule has 0 saturated heterocycles. The van der Waals surface area contributed by atoms with Gasteiger partial charge < -0.3 is 9.88 Å². The van der Waals surface area contributed by atoms with Crippen LogP contribution in [-0.2, 0) is 6.42 Å². The Morgan fingerprint density at radius 1 is 1.38 bits per heavy atom. The van der Waals surface area contributed by atoms with Crippen LogP contribution < -0.4 is 0 Å². The summed E-state index contributed by atoms with van der Waals surface area (Å²) in [5.74, 6) is 0.378. The van der Waals surface area contributed by atoms with Crippen molar-refractivity contribution >= 4 is 28.1 Å². The van der Waals surface area contributed by atoms with Crippen LogP contribution >= 0.6 is 11.3 Å². The Kier molecular flexibility index (Phi) is 3.68. The number of thiazole rings is 1. The van der Waals surface area contributed by atoms with Crippen LogP contribution in [0, 0.1) is 12.8 Å². The minimum Gasteiger partial charge on any atom is -0.356 e. The number of nitrogens with zero attached hydrogens (tertiary/aromatic N) is 2. The molecule has 0 aliphatic carbocycles. The third-order valence-electron chi connectivity index (χ3n) is 4.81. The quantitative estimate of drug-likeness (QED) is 0.755. The smallest absolute Gasteiger partial charge is 0.273 e. The van der Waals surface area contributed by atoms with E-state index >= 15 is 0 Å². The van der Waals surface area contributed by atoms with Crippen LogP contribution in [0.5, 0.6) is 0 Å². The first-order chi connectivity index (χ1) is 11.6. The lowest BCUT2D eigenvalue weighted by Crippen LogP contribution is -2.42. The fraction of sp³-hybridized carbons (Fsp3) is 0.368. The molecule has 24 heavy (non-hydrogen) atoms. The lowest BCUT2D eigenvalue weighted by molar-refractivity contribution is 0.0593. The van der Waals surface area contributed by atoms with Crippen molar-refractivity contribution in [3.63, 3.8) is 0 Å². The first-order valence-corrected chi connectivity index (χ1v) is 9.27. The molecular formula is C19H21N3OS. The van der Waals surface area contributed by atoms with Crippen molar-refractivity contribution in [3.05, 3.63) is 51.6 Å². The van der Waals surface area contributed by atoms with E-state index in [1.165, 1.54) is 28.0 Å². The highest BCUT2D eigenvalue weighted by Crippen LogP contribution is 2.39. The maximum absolute atomic E-state index is 13.0. The summed E-state index contributed by atoms with van der Waals surface area (Å²) in [6.07, 6.45) is 0.886. The normalized spacial score (nSPS) is 17.5. The molecule has 1 amide bonds. The van der Waals surface area contributed by atoms with E-state index in [0.29, 0.717) is 11.6 Å². The van der Waals surface area contributed by atoms with Gasteiger partial charge in [0.1, 0.15) is 5.69 Å². The van der Waals surface area contributed by atoms with Gasteiger partial charge in [-0.15, -0.1) is 11.3 Å². The molecule has 5 heteroatoms. The molecule has 1 aliphatic rings. The minimum atomic E-state index is 0.0438. The molecule has 1 N–H and O–H groups in total. The second kappa shape index (κ2) is 5.74. The highest BCUT2D eigenvalue weighted by molar-refractivity contribution is 7.09. The highest BCUT2D eigenvalue weighted by atomic mass is 32.1. The number of nitrogens with one attached hydrogen (secondary N) is 1. The predicted molar refractivity (Wildman–Crippen MR) is 97.5 cm³/mol. The zero-order valence-electron chi connectivity index (χ0n) is 14.2.